The highest BCUT2D eigenvalue weighted by Gasteiger charge is 2.40. The van der Waals surface area contributed by atoms with E-state index in [0.29, 0.717) is 6.04 Å². The van der Waals surface area contributed by atoms with Crippen molar-refractivity contribution in [3.05, 3.63) is 52.2 Å². The molecule has 0 saturated heterocycles. The minimum Gasteiger partial charge on any atom is -0.442 e. The molecule has 168 valence electrons. The largest absolute Gasteiger partial charge is 0.442 e. The maximum absolute atomic E-state index is 13.7. The van der Waals surface area contributed by atoms with Gasteiger partial charge in [0, 0.05) is 28.5 Å². The first-order chi connectivity index (χ1) is 15.2. The number of amides is 1. The topological polar surface area (TPSA) is 64.4 Å². The summed E-state index contributed by atoms with van der Waals surface area (Å²) in [6.07, 6.45) is 5.79. The summed E-state index contributed by atoms with van der Waals surface area (Å²) in [6, 6.07) is 6.58. The van der Waals surface area contributed by atoms with Gasteiger partial charge in [0.15, 0.2) is 0 Å². The fraction of sp³-hybridized carbons (Fsp3) is 0.480. The minimum atomic E-state index is -0.567. The number of thiophene rings is 1. The first-order valence-electron chi connectivity index (χ1n) is 11.3. The van der Waals surface area contributed by atoms with Gasteiger partial charge in [0.25, 0.3) is 5.91 Å². The van der Waals surface area contributed by atoms with Crippen molar-refractivity contribution in [1.29, 1.82) is 0 Å². The smallest absolute Gasteiger partial charge is 0.435 e. The number of fused-ring (bicyclic) bond motifs is 2. The zero-order valence-corrected chi connectivity index (χ0v) is 19.9. The van der Waals surface area contributed by atoms with Gasteiger partial charge >= 0.3 is 6.09 Å². The molecule has 0 spiro atoms. The number of benzene rings is 1. The number of aromatic nitrogens is 2. The van der Waals surface area contributed by atoms with Crippen LogP contribution in [0, 0.1) is 6.92 Å². The van der Waals surface area contributed by atoms with Gasteiger partial charge in [-0.2, -0.15) is 9.78 Å². The van der Waals surface area contributed by atoms with Gasteiger partial charge < -0.3 is 9.64 Å². The molecule has 7 heteroatoms. The quantitative estimate of drug-likeness (QED) is 0.538. The van der Waals surface area contributed by atoms with Crippen LogP contribution >= 0.6 is 11.3 Å². The summed E-state index contributed by atoms with van der Waals surface area (Å²) in [5, 5.41) is 7.75. The Hall–Kier alpha value is -2.67. The summed E-state index contributed by atoms with van der Waals surface area (Å²) in [4.78, 5) is 28.3. The minimum absolute atomic E-state index is 0.122. The summed E-state index contributed by atoms with van der Waals surface area (Å²) in [5.41, 5.74) is 3.29. The summed E-state index contributed by atoms with van der Waals surface area (Å²) in [7, 11) is 0. The van der Waals surface area contributed by atoms with Gasteiger partial charge in [0.2, 0.25) is 0 Å². The van der Waals surface area contributed by atoms with Crippen LogP contribution in [0.15, 0.2) is 29.8 Å². The van der Waals surface area contributed by atoms with Crippen LogP contribution in [0.3, 0.4) is 0 Å². The number of ether oxygens (including phenoxy) is 1. The molecular weight excluding hydrogens is 422 g/mol. The number of hydrogen-bond acceptors (Lipinski definition) is 5. The first-order valence-corrected chi connectivity index (χ1v) is 12.2. The van der Waals surface area contributed by atoms with E-state index >= 15 is 0 Å². The Morgan fingerprint density at radius 3 is 2.66 bits per heavy atom. The third kappa shape index (κ3) is 3.94. The second kappa shape index (κ2) is 7.73. The van der Waals surface area contributed by atoms with Crippen molar-refractivity contribution < 1.29 is 14.3 Å². The molecule has 2 aliphatic rings. The predicted molar refractivity (Wildman–Crippen MR) is 125 cm³/mol. The fourth-order valence-electron chi connectivity index (χ4n) is 4.65. The molecule has 3 aromatic rings. The molecule has 2 aliphatic carbocycles. The lowest BCUT2D eigenvalue weighted by Gasteiger charge is -2.34. The van der Waals surface area contributed by atoms with Crippen LogP contribution in [-0.2, 0) is 17.6 Å². The number of carbonyl (C=O) groups excluding carboxylic acids is 2. The third-order valence-corrected chi connectivity index (χ3v) is 7.35. The van der Waals surface area contributed by atoms with Crippen LogP contribution in [0.1, 0.15) is 67.2 Å². The number of carbonyl (C=O) groups is 2. The van der Waals surface area contributed by atoms with Crippen molar-refractivity contribution in [2.75, 3.05) is 0 Å². The Labute approximate surface area is 192 Å². The monoisotopic (exact) mass is 451 g/mol. The van der Waals surface area contributed by atoms with Crippen molar-refractivity contribution in [3.8, 4) is 0 Å². The Morgan fingerprint density at radius 1 is 1.16 bits per heavy atom. The van der Waals surface area contributed by atoms with Crippen molar-refractivity contribution in [2.45, 2.75) is 77.5 Å². The molecule has 0 radical (unpaired) electrons. The van der Waals surface area contributed by atoms with Gasteiger partial charge in [0.1, 0.15) is 5.60 Å². The normalized spacial score (nSPS) is 18.4. The van der Waals surface area contributed by atoms with E-state index < -0.39 is 11.7 Å². The number of nitrogens with zero attached hydrogens (tertiary/aromatic N) is 3. The first kappa shape index (κ1) is 21.2. The van der Waals surface area contributed by atoms with Gasteiger partial charge in [-0.05, 0) is 93.8 Å². The van der Waals surface area contributed by atoms with Crippen LogP contribution in [-0.4, -0.2) is 44.4 Å². The molecule has 5 rings (SSSR count). The van der Waals surface area contributed by atoms with Crippen molar-refractivity contribution >= 4 is 33.4 Å². The van der Waals surface area contributed by atoms with Gasteiger partial charge in [-0.1, -0.05) is 6.07 Å². The van der Waals surface area contributed by atoms with E-state index in [1.807, 2.05) is 26.8 Å². The van der Waals surface area contributed by atoms with Crippen molar-refractivity contribution in [3.63, 3.8) is 0 Å². The standard InChI is InChI=1S/C25H29N3O3S/c1-15-20(9-5-16-11-12-32-22(15)16)23(29)28(18-6-7-18)19-8-10-21-17(13-19)14-27(26-21)24(30)31-25(2,3)4/h5,9,11-12,14,18-19H,6-8,10,13H2,1-4H3. The van der Waals surface area contributed by atoms with Crippen molar-refractivity contribution in [1.82, 2.24) is 14.7 Å². The molecule has 2 heterocycles. The van der Waals surface area contributed by atoms with E-state index in [9.17, 15) is 9.59 Å². The second-order valence-corrected chi connectivity index (χ2v) is 10.9. The molecule has 0 N–H and O–H groups in total. The number of aryl methyl sites for hydroxylation is 2. The third-order valence-electron chi connectivity index (χ3n) is 6.30. The van der Waals surface area contributed by atoms with Gasteiger partial charge in [-0.25, -0.2) is 4.79 Å². The molecule has 0 aliphatic heterocycles. The Balaban J connectivity index is 1.39. The lowest BCUT2D eigenvalue weighted by Crippen LogP contribution is -2.45. The molecule has 1 aromatic carbocycles. The van der Waals surface area contributed by atoms with Crippen LogP contribution < -0.4 is 0 Å². The van der Waals surface area contributed by atoms with Gasteiger partial charge in [-0.3, -0.25) is 4.79 Å². The number of hydrogen-bond donors (Lipinski definition) is 0. The Morgan fingerprint density at radius 2 is 1.94 bits per heavy atom. The molecule has 1 saturated carbocycles. The lowest BCUT2D eigenvalue weighted by atomic mass is 9.91. The van der Waals surface area contributed by atoms with Crippen molar-refractivity contribution in [2.24, 2.45) is 0 Å². The molecule has 1 amide bonds. The molecule has 1 fully saturated rings. The highest BCUT2D eigenvalue weighted by Crippen LogP contribution is 2.36. The van der Waals surface area contributed by atoms with E-state index in [0.717, 1.165) is 54.5 Å². The Bertz CT molecular complexity index is 1200. The predicted octanol–water partition coefficient (Wildman–Crippen LogP) is 5.35. The maximum atomic E-state index is 13.7. The molecule has 32 heavy (non-hydrogen) atoms. The highest BCUT2D eigenvalue weighted by molar-refractivity contribution is 7.17. The SMILES string of the molecule is Cc1c(C(=O)N(C2CC2)C2CCc3nn(C(=O)OC(C)(C)C)cc3C2)ccc2ccsc12. The maximum Gasteiger partial charge on any atom is 0.435 e. The molecule has 2 aromatic heterocycles. The fourth-order valence-corrected chi connectivity index (χ4v) is 5.56. The average molecular weight is 452 g/mol. The van der Waals surface area contributed by atoms with E-state index in [4.69, 9.17) is 4.74 Å². The second-order valence-electron chi connectivity index (χ2n) is 9.94. The molecule has 0 bridgehead atoms. The van der Waals surface area contributed by atoms with Crippen LogP contribution in [0.2, 0.25) is 0 Å². The van der Waals surface area contributed by atoms with Crippen LogP contribution in [0.4, 0.5) is 4.79 Å². The zero-order valence-electron chi connectivity index (χ0n) is 19.1. The van der Waals surface area contributed by atoms with Gasteiger partial charge in [0.05, 0.1) is 5.69 Å². The summed E-state index contributed by atoms with van der Waals surface area (Å²) in [5.74, 6) is 0.133. The molecule has 6 nitrogen and oxygen atoms in total. The Kier molecular flexibility index (Phi) is 5.12. The average Bonchev–Trinajstić information content (AvgIpc) is 3.26. The van der Waals surface area contributed by atoms with E-state index in [2.05, 4.69) is 34.4 Å². The molecule has 1 atom stereocenters. The number of rotatable bonds is 3. The molecular formula is C25H29N3O3S. The van der Waals surface area contributed by atoms with E-state index in [-0.39, 0.29) is 11.9 Å². The van der Waals surface area contributed by atoms with E-state index in [1.165, 1.54) is 14.8 Å². The summed E-state index contributed by atoms with van der Waals surface area (Å²) in [6.45, 7) is 7.60. The summed E-state index contributed by atoms with van der Waals surface area (Å²) >= 11 is 1.69. The van der Waals surface area contributed by atoms with Crippen LogP contribution in [0.5, 0.6) is 0 Å². The van der Waals surface area contributed by atoms with Crippen LogP contribution in [0.25, 0.3) is 10.1 Å². The lowest BCUT2D eigenvalue weighted by molar-refractivity contribution is 0.0513. The molecule has 1 unspecified atom stereocenters. The summed E-state index contributed by atoms with van der Waals surface area (Å²) < 4.78 is 7.97. The van der Waals surface area contributed by atoms with Gasteiger partial charge in [-0.15, -0.1) is 11.3 Å². The van der Waals surface area contributed by atoms with E-state index in [1.54, 1.807) is 17.5 Å². The zero-order chi connectivity index (χ0) is 22.6. The highest BCUT2D eigenvalue weighted by atomic mass is 32.1.